The van der Waals surface area contributed by atoms with Gasteiger partial charge in [-0.1, -0.05) is 140 Å². The third-order valence-electron chi connectivity index (χ3n) is 9.81. The van der Waals surface area contributed by atoms with Crippen LogP contribution in [0.1, 0.15) is 22.9 Å². The SMILES string of the molecule is c1ccc(C2=NC(c3ccc4c5ccccc5c5ccccc5c4c3)N=C(c3cccc(-n4c5ccccc5c5ccccc54)c3)N2)cc1. The molecule has 1 unspecified atom stereocenters. The second-order valence-electron chi connectivity index (χ2n) is 12.6. The van der Waals surface area contributed by atoms with Gasteiger partial charge in [0.2, 0.25) is 0 Å². The highest BCUT2D eigenvalue weighted by Crippen LogP contribution is 2.37. The lowest BCUT2D eigenvalue weighted by molar-refractivity contribution is 0.757. The molecule has 2 heterocycles. The Kier molecular flexibility index (Phi) is 6.21. The number of para-hydroxylation sites is 2. The smallest absolute Gasteiger partial charge is 0.169 e. The Morgan fingerprint density at radius 2 is 0.878 bits per heavy atom. The third-order valence-corrected chi connectivity index (χ3v) is 9.81. The summed E-state index contributed by atoms with van der Waals surface area (Å²) in [7, 11) is 0. The summed E-state index contributed by atoms with van der Waals surface area (Å²) in [6.07, 6.45) is -0.419. The normalized spacial score (nSPS) is 14.7. The highest BCUT2D eigenvalue weighted by molar-refractivity contribution is 6.25. The van der Waals surface area contributed by atoms with Crippen LogP contribution in [0.3, 0.4) is 0 Å². The highest BCUT2D eigenvalue weighted by Gasteiger charge is 2.22. The molecule has 10 rings (SSSR count). The standard InChI is InChI=1S/C45H30N4/c1-2-13-29(14-3-1)43-46-44(30-15-12-16-32(27-30)49-41-23-10-8-21-38(41)39-22-9-11-24-42(39)49)48-45(47-43)31-25-26-37-35-19-5-4-17-33(35)34-18-6-7-20-36(34)40(37)28-31/h1-28,45H,(H,46,47,48). The number of hydrogen-bond donors (Lipinski definition) is 1. The van der Waals surface area contributed by atoms with Crippen molar-refractivity contribution in [3.05, 3.63) is 187 Å². The van der Waals surface area contributed by atoms with Gasteiger partial charge in [0.05, 0.1) is 11.0 Å². The molecule has 49 heavy (non-hydrogen) atoms. The van der Waals surface area contributed by atoms with Crippen molar-refractivity contribution in [1.82, 2.24) is 9.88 Å². The van der Waals surface area contributed by atoms with Crippen LogP contribution < -0.4 is 5.32 Å². The summed E-state index contributed by atoms with van der Waals surface area (Å²) >= 11 is 0. The molecule has 1 aromatic heterocycles. The maximum atomic E-state index is 5.30. The summed E-state index contributed by atoms with van der Waals surface area (Å²) in [5.74, 6) is 1.60. The van der Waals surface area contributed by atoms with E-state index in [1.165, 1.54) is 54.1 Å². The average molecular weight is 627 g/mol. The van der Waals surface area contributed by atoms with E-state index in [1.54, 1.807) is 0 Å². The summed E-state index contributed by atoms with van der Waals surface area (Å²) in [5, 5.41) is 13.6. The Morgan fingerprint density at radius 3 is 1.51 bits per heavy atom. The molecular weight excluding hydrogens is 597 g/mol. The van der Waals surface area contributed by atoms with E-state index >= 15 is 0 Å². The van der Waals surface area contributed by atoms with Crippen molar-refractivity contribution < 1.29 is 0 Å². The second kappa shape index (κ2) is 11.0. The predicted molar refractivity (Wildman–Crippen MR) is 205 cm³/mol. The zero-order valence-electron chi connectivity index (χ0n) is 26.6. The van der Waals surface area contributed by atoms with Crippen molar-refractivity contribution in [2.45, 2.75) is 6.17 Å². The number of benzene rings is 8. The average Bonchev–Trinajstić information content (AvgIpc) is 3.52. The number of hydrogen-bond acceptors (Lipinski definition) is 3. The van der Waals surface area contributed by atoms with E-state index in [9.17, 15) is 0 Å². The fourth-order valence-electron chi connectivity index (χ4n) is 7.57. The van der Waals surface area contributed by atoms with Crippen molar-refractivity contribution >= 4 is 65.8 Å². The lowest BCUT2D eigenvalue weighted by Gasteiger charge is -2.23. The fraction of sp³-hybridized carbons (Fsp3) is 0.0222. The van der Waals surface area contributed by atoms with Gasteiger partial charge in [-0.15, -0.1) is 0 Å². The van der Waals surface area contributed by atoms with Crippen molar-refractivity contribution in [2.24, 2.45) is 9.98 Å². The molecule has 4 heteroatoms. The minimum Gasteiger partial charge on any atom is -0.324 e. The van der Waals surface area contributed by atoms with Crippen LogP contribution in [-0.2, 0) is 0 Å². The zero-order chi connectivity index (χ0) is 32.3. The molecule has 0 fully saturated rings. The number of aromatic nitrogens is 1. The molecule has 8 aromatic carbocycles. The number of rotatable bonds is 4. The number of amidine groups is 2. The van der Waals surface area contributed by atoms with Gasteiger partial charge >= 0.3 is 0 Å². The Bertz CT molecular complexity index is 2720. The summed E-state index contributed by atoms with van der Waals surface area (Å²) in [6.45, 7) is 0. The van der Waals surface area contributed by atoms with Crippen molar-refractivity contribution in [3.63, 3.8) is 0 Å². The molecule has 1 aliphatic rings. The monoisotopic (exact) mass is 626 g/mol. The third kappa shape index (κ3) is 4.45. The van der Waals surface area contributed by atoms with Gasteiger partial charge in [-0.2, -0.15) is 0 Å². The van der Waals surface area contributed by atoms with Crippen LogP contribution in [0.2, 0.25) is 0 Å². The molecular formula is C45H30N4. The molecule has 0 amide bonds. The van der Waals surface area contributed by atoms with Crippen LogP contribution >= 0.6 is 0 Å². The molecule has 4 nitrogen and oxygen atoms in total. The van der Waals surface area contributed by atoms with Gasteiger partial charge in [0.25, 0.3) is 0 Å². The van der Waals surface area contributed by atoms with Crippen molar-refractivity contribution in [3.8, 4) is 5.69 Å². The maximum Gasteiger partial charge on any atom is 0.169 e. The maximum absolute atomic E-state index is 5.30. The molecule has 0 radical (unpaired) electrons. The molecule has 0 bridgehead atoms. The Labute approximate surface area is 283 Å². The summed E-state index contributed by atoms with van der Waals surface area (Å²) in [5.41, 5.74) is 6.53. The second-order valence-corrected chi connectivity index (χ2v) is 12.6. The molecule has 0 saturated heterocycles. The molecule has 1 aliphatic heterocycles. The molecule has 230 valence electrons. The minimum atomic E-state index is -0.419. The van der Waals surface area contributed by atoms with Crippen LogP contribution in [0.4, 0.5) is 0 Å². The van der Waals surface area contributed by atoms with E-state index in [2.05, 4.69) is 174 Å². The van der Waals surface area contributed by atoms with Crippen LogP contribution in [0.15, 0.2) is 180 Å². The molecule has 0 spiro atoms. The first-order chi connectivity index (χ1) is 24.3. The lowest BCUT2D eigenvalue weighted by Crippen LogP contribution is -2.36. The van der Waals surface area contributed by atoms with E-state index in [4.69, 9.17) is 9.98 Å². The number of aliphatic imine (C=N–C) groups is 2. The van der Waals surface area contributed by atoms with Crippen molar-refractivity contribution in [2.75, 3.05) is 0 Å². The first kappa shape index (κ1) is 27.6. The van der Waals surface area contributed by atoms with Crippen LogP contribution in [0.25, 0.3) is 59.8 Å². The van der Waals surface area contributed by atoms with Gasteiger partial charge in [0, 0.05) is 27.6 Å². The summed E-state index contributed by atoms with van der Waals surface area (Å²) in [6, 6.07) is 60.3. The number of nitrogens with zero attached hydrogens (tertiary/aromatic N) is 3. The Morgan fingerprint density at radius 1 is 0.388 bits per heavy atom. The van der Waals surface area contributed by atoms with E-state index in [0.29, 0.717) is 0 Å². The highest BCUT2D eigenvalue weighted by atomic mass is 15.2. The molecule has 0 saturated carbocycles. The largest absolute Gasteiger partial charge is 0.324 e. The van der Waals surface area contributed by atoms with E-state index < -0.39 is 6.17 Å². The van der Waals surface area contributed by atoms with Crippen molar-refractivity contribution in [1.29, 1.82) is 0 Å². The summed E-state index contributed by atoms with van der Waals surface area (Å²) in [4.78, 5) is 10.5. The predicted octanol–water partition coefficient (Wildman–Crippen LogP) is 10.7. The topological polar surface area (TPSA) is 41.7 Å². The first-order valence-electron chi connectivity index (χ1n) is 16.7. The van der Waals surface area contributed by atoms with Crippen LogP contribution in [0.5, 0.6) is 0 Å². The quantitative estimate of drug-likeness (QED) is 0.194. The van der Waals surface area contributed by atoms with Gasteiger partial charge in [-0.05, 0) is 68.2 Å². The fourth-order valence-corrected chi connectivity index (χ4v) is 7.57. The molecule has 0 aliphatic carbocycles. The van der Waals surface area contributed by atoms with Crippen LogP contribution in [-0.4, -0.2) is 16.2 Å². The van der Waals surface area contributed by atoms with Gasteiger partial charge in [0.1, 0.15) is 11.7 Å². The van der Waals surface area contributed by atoms with E-state index in [1.807, 2.05) is 6.07 Å². The lowest BCUT2D eigenvalue weighted by atomic mass is 9.93. The van der Waals surface area contributed by atoms with E-state index in [0.717, 1.165) is 34.0 Å². The summed E-state index contributed by atoms with van der Waals surface area (Å²) < 4.78 is 2.35. The minimum absolute atomic E-state index is 0.419. The van der Waals surface area contributed by atoms with Crippen LogP contribution in [0, 0.1) is 0 Å². The number of fused-ring (bicyclic) bond motifs is 9. The van der Waals surface area contributed by atoms with Gasteiger partial charge < -0.3 is 9.88 Å². The van der Waals surface area contributed by atoms with Gasteiger partial charge in [0.15, 0.2) is 6.17 Å². The molecule has 1 N–H and O–H groups in total. The Balaban J connectivity index is 1.15. The zero-order valence-corrected chi connectivity index (χ0v) is 26.6. The van der Waals surface area contributed by atoms with E-state index in [-0.39, 0.29) is 0 Å². The number of nitrogens with one attached hydrogen (secondary N) is 1. The Hall–Kier alpha value is -6.52. The molecule has 9 aromatic rings. The first-order valence-corrected chi connectivity index (χ1v) is 16.7. The van der Waals surface area contributed by atoms with Gasteiger partial charge in [-0.25, -0.2) is 9.98 Å². The molecule has 1 atom stereocenters. The van der Waals surface area contributed by atoms with Gasteiger partial charge in [-0.3, -0.25) is 0 Å².